The highest BCUT2D eigenvalue weighted by molar-refractivity contribution is 6.39. The number of anilines is 1. The van der Waals surface area contributed by atoms with Crippen molar-refractivity contribution in [1.29, 1.82) is 0 Å². The number of methoxy groups -OCH3 is 1. The molecule has 0 unspecified atom stereocenters. The molecule has 152 valence electrons. The number of hydrazone groups is 1. The van der Waals surface area contributed by atoms with Crippen molar-refractivity contribution in [3.8, 4) is 11.5 Å². The van der Waals surface area contributed by atoms with Crippen molar-refractivity contribution in [1.82, 2.24) is 5.43 Å². The fourth-order valence-electron chi connectivity index (χ4n) is 2.10. The van der Waals surface area contributed by atoms with Gasteiger partial charge in [0.05, 0.1) is 25.6 Å². The number of benzene rings is 2. The Morgan fingerprint density at radius 2 is 1.72 bits per heavy atom. The van der Waals surface area contributed by atoms with Gasteiger partial charge in [-0.2, -0.15) is 5.10 Å². The molecule has 0 atom stereocenters. The van der Waals surface area contributed by atoms with Gasteiger partial charge in [-0.25, -0.2) is 10.2 Å². The number of para-hydroxylation sites is 2. The van der Waals surface area contributed by atoms with E-state index in [1.807, 2.05) is 6.92 Å². The Morgan fingerprint density at radius 1 is 1.00 bits per heavy atom. The molecule has 0 radical (unpaired) electrons. The van der Waals surface area contributed by atoms with Crippen LogP contribution in [0.15, 0.2) is 53.6 Å². The Labute approximate surface area is 167 Å². The van der Waals surface area contributed by atoms with Crippen molar-refractivity contribution in [2.24, 2.45) is 5.10 Å². The maximum absolute atomic E-state index is 12.0. The SMILES string of the molecule is CCOc1ccccc1NC(=O)C(=O)N/N=C\c1ccc(OCC(=O)OC)cc1. The van der Waals surface area contributed by atoms with Crippen LogP contribution in [0, 0.1) is 0 Å². The van der Waals surface area contributed by atoms with Gasteiger partial charge in [0, 0.05) is 0 Å². The highest BCUT2D eigenvalue weighted by Crippen LogP contribution is 2.23. The van der Waals surface area contributed by atoms with Crippen LogP contribution in [-0.4, -0.2) is 44.3 Å². The number of esters is 1. The lowest BCUT2D eigenvalue weighted by Gasteiger charge is -2.10. The van der Waals surface area contributed by atoms with Gasteiger partial charge in [0.25, 0.3) is 0 Å². The van der Waals surface area contributed by atoms with Crippen LogP contribution in [0.25, 0.3) is 0 Å². The molecule has 0 aliphatic carbocycles. The van der Waals surface area contributed by atoms with E-state index in [4.69, 9.17) is 9.47 Å². The lowest BCUT2D eigenvalue weighted by atomic mass is 10.2. The molecule has 2 amide bonds. The zero-order valence-electron chi connectivity index (χ0n) is 16.0. The summed E-state index contributed by atoms with van der Waals surface area (Å²) in [6.45, 7) is 2.05. The van der Waals surface area contributed by atoms with Gasteiger partial charge in [-0.15, -0.1) is 0 Å². The summed E-state index contributed by atoms with van der Waals surface area (Å²) in [5, 5.41) is 6.22. The second kappa shape index (κ2) is 11.1. The number of ether oxygens (including phenoxy) is 3. The lowest BCUT2D eigenvalue weighted by molar-refractivity contribution is -0.142. The third-order valence-corrected chi connectivity index (χ3v) is 3.49. The molecule has 0 heterocycles. The summed E-state index contributed by atoms with van der Waals surface area (Å²) in [6.07, 6.45) is 1.36. The summed E-state index contributed by atoms with van der Waals surface area (Å²) < 4.78 is 15.1. The van der Waals surface area contributed by atoms with Crippen LogP contribution >= 0.6 is 0 Å². The summed E-state index contributed by atoms with van der Waals surface area (Å²) in [4.78, 5) is 34.9. The van der Waals surface area contributed by atoms with Gasteiger partial charge in [0.1, 0.15) is 11.5 Å². The lowest BCUT2D eigenvalue weighted by Crippen LogP contribution is -2.32. The molecule has 2 aromatic carbocycles. The van der Waals surface area contributed by atoms with E-state index in [9.17, 15) is 14.4 Å². The summed E-state index contributed by atoms with van der Waals surface area (Å²) in [5.74, 6) is -1.34. The van der Waals surface area contributed by atoms with Gasteiger partial charge in [0.15, 0.2) is 6.61 Å². The fourth-order valence-corrected chi connectivity index (χ4v) is 2.10. The number of carbonyl (C=O) groups is 3. The Balaban J connectivity index is 1.86. The van der Waals surface area contributed by atoms with Crippen molar-refractivity contribution in [3.63, 3.8) is 0 Å². The van der Waals surface area contributed by atoms with Crippen LogP contribution < -0.4 is 20.2 Å². The van der Waals surface area contributed by atoms with Crippen molar-refractivity contribution >= 4 is 29.7 Å². The van der Waals surface area contributed by atoms with Crippen molar-refractivity contribution in [2.75, 3.05) is 25.6 Å². The quantitative estimate of drug-likeness (QED) is 0.302. The molecule has 0 bridgehead atoms. The van der Waals surface area contributed by atoms with Gasteiger partial charge in [0.2, 0.25) is 0 Å². The number of carbonyl (C=O) groups excluding carboxylic acids is 3. The van der Waals surface area contributed by atoms with Crippen LogP contribution in [0.4, 0.5) is 5.69 Å². The van der Waals surface area contributed by atoms with E-state index < -0.39 is 17.8 Å². The molecule has 29 heavy (non-hydrogen) atoms. The van der Waals surface area contributed by atoms with E-state index in [0.29, 0.717) is 29.4 Å². The third-order valence-electron chi connectivity index (χ3n) is 3.49. The van der Waals surface area contributed by atoms with E-state index >= 15 is 0 Å². The monoisotopic (exact) mass is 399 g/mol. The minimum atomic E-state index is -0.925. The van der Waals surface area contributed by atoms with Gasteiger partial charge in [-0.1, -0.05) is 12.1 Å². The molecule has 9 nitrogen and oxygen atoms in total. The summed E-state index contributed by atoms with van der Waals surface area (Å²) in [7, 11) is 1.28. The Morgan fingerprint density at radius 3 is 2.41 bits per heavy atom. The first-order valence-electron chi connectivity index (χ1n) is 8.69. The number of nitrogens with one attached hydrogen (secondary N) is 2. The van der Waals surface area contributed by atoms with Crippen LogP contribution in [0.1, 0.15) is 12.5 Å². The number of hydrogen-bond donors (Lipinski definition) is 2. The molecule has 2 rings (SSSR count). The predicted molar refractivity (Wildman–Crippen MR) is 106 cm³/mol. The number of rotatable bonds is 8. The van der Waals surface area contributed by atoms with E-state index in [0.717, 1.165) is 0 Å². The molecular formula is C20H21N3O6. The molecule has 2 aromatic rings. The normalized spacial score (nSPS) is 10.3. The van der Waals surface area contributed by atoms with Crippen LogP contribution in [0.2, 0.25) is 0 Å². The average Bonchev–Trinajstić information content (AvgIpc) is 2.74. The summed E-state index contributed by atoms with van der Waals surface area (Å²) in [6, 6.07) is 13.4. The van der Waals surface area contributed by atoms with Crippen LogP contribution in [0.5, 0.6) is 11.5 Å². The fraction of sp³-hybridized carbons (Fsp3) is 0.200. The molecule has 0 spiro atoms. The largest absolute Gasteiger partial charge is 0.492 e. The minimum absolute atomic E-state index is 0.193. The molecule has 0 saturated heterocycles. The van der Waals surface area contributed by atoms with E-state index in [1.54, 1.807) is 48.5 Å². The predicted octanol–water partition coefficient (Wildman–Crippen LogP) is 1.73. The molecule has 0 aromatic heterocycles. The van der Waals surface area contributed by atoms with Crippen molar-refractivity contribution in [2.45, 2.75) is 6.92 Å². The third kappa shape index (κ3) is 6.98. The van der Waals surface area contributed by atoms with E-state index in [2.05, 4.69) is 20.6 Å². The standard InChI is InChI=1S/C20H21N3O6/c1-3-28-17-7-5-4-6-16(17)22-19(25)20(26)23-21-12-14-8-10-15(11-9-14)29-13-18(24)27-2/h4-12H,3,13H2,1-2H3,(H,22,25)(H,23,26)/b21-12-. The van der Waals surface area contributed by atoms with Crippen LogP contribution in [-0.2, 0) is 19.1 Å². The van der Waals surface area contributed by atoms with E-state index in [1.165, 1.54) is 13.3 Å². The second-order valence-corrected chi connectivity index (χ2v) is 5.52. The molecule has 0 fully saturated rings. The van der Waals surface area contributed by atoms with Crippen LogP contribution in [0.3, 0.4) is 0 Å². The summed E-state index contributed by atoms with van der Waals surface area (Å²) in [5.41, 5.74) is 3.19. The zero-order valence-corrected chi connectivity index (χ0v) is 16.0. The average molecular weight is 399 g/mol. The first-order chi connectivity index (χ1) is 14.0. The maximum Gasteiger partial charge on any atom is 0.343 e. The van der Waals surface area contributed by atoms with Crippen molar-refractivity contribution < 1.29 is 28.6 Å². The van der Waals surface area contributed by atoms with Crippen molar-refractivity contribution in [3.05, 3.63) is 54.1 Å². The topological polar surface area (TPSA) is 115 Å². The minimum Gasteiger partial charge on any atom is -0.492 e. The Kier molecular flexibility index (Phi) is 8.18. The van der Waals surface area contributed by atoms with E-state index in [-0.39, 0.29) is 6.61 Å². The number of hydrogen-bond acceptors (Lipinski definition) is 7. The highest BCUT2D eigenvalue weighted by Gasteiger charge is 2.15. The zero-order chi connectivity index (χ0) is 21.1. The van der Waals surface area contributed by atoms with Gasteiger partial charge >= 0.3 is 17.8 Å². The Bertz CT molecular complexity index is 880. The molecule has 2 N–H and O–H groups in total. The molecule has 0 aliphatic rings. The van der Waals surface area contributed by atoms with Gasteiger partial charge < -0.3 is 19.5 Å². The highest BCUT2D eigenvalue weighted by atomic mass is 16.6. The van der Waals surface area contributed by atoms with Gasteiger partial charge in [-0.3, -0.25) is 9.59 Å². The molecule has 0 aliphatic heterocycles. The van der Waals surface area contributed by atoms with Gasteiger partial charge in [-0.05, 0) is 48.9 Å². The molecule has 9 heteroatoms. The summed E-state index contributed by atoms with van der Waals surface area (Å²) >= 11 is 0. The Hall–Kier alpha value is -3.88. The number of nitrogens with zero attached hydrogens (tertiary/aromatic N) is 1. The number of amides is 2. The molecular weight excluding hydrogens is 378 g/mol. The molecule has 0 saturated carbocycles. The smallest absolute Gasteiger partial charge is 0.343 e. The maximum atomic E-state index is 12.0. The first-order valence-corrected chi connectivity index (χ1v) is 8.69. The first kappa shape index (κ1) is 21.4. The second-order valence-electron chi connectivity index (χ2n) is 5.52.